The van der Waals surface area contributed by atoms with E-state index < -0.39 is 0 Å². The number of halogens is 5. The van der Waals surface area contributed by atoms with Crippen LogP contribution in [0.3, 0.4) is 0 Å². The molecule has 110 valence electrons. The molecule has 0 aliphatic rings. The first-order chi connectivity index (χ1) is 9.38. The lowest BCUT2D eigenvalue weighted by Gasteiger charge is -2.06. The lowest BCUT2D eigenvalue weighted by Crippen LogP contribution is -2.13. The molecule has 0 radical (unpaired) electrons. The first-order valence-electron chi connectivity index (χ1n) is 5.27. The Morgan fingerprint density at radius 1 is 1.05 bits per heavy atom. The van der Waals surface area contributed by atoms with Crippen molar-refractivity contribution in [3.8, 4) is 11.8 Å². The minimum absolute atomic E-state index is 0.00904. The van der Waals surface area contributed by atoms with Crippen LogP contribution < -0.4 is 5.32 Å². The minimum atomic E-state index is -0.363. The van der Waals surface area contributed by atoms with E-state index in [9.17, 15) is 5.11 Å². The van der Waals surface area contributed by atoms with Crippen LogP contribution in [0.2, 0.25) is 25.1 Å². The molecule has 8 heteroatoms. The van der Waals surface area contributed by atoms with Crippen LogP contribution in [-0.4, -0.2) is 18.2 Å². The SMILES string of the molecule is C=CCNCCC#N.Oc1c(Cl)c(Cl)c(Cl)c(Cl)c1Cl. The Bertz CT molecular complexity index is 409. The minimum Gasteiger partial charge on any atom is -0.505 e. The van der Waals surface area contributed by atoms with Gasteiger partial charge in [0.25, 0.3) is 0 Å². The Labute approximate surface area is 142 Å². The van der Waals surface area contributed by atoms with Crippen molar-refractivity contribution >= 4 is 58.0 Å². The highest BCUT2D eigenvalue weighted by Gasteiger charge is 2.18. The van der Waals surface area contributed by atoms with E-state index in [1.54, 1.807) is 6.08 Å². The maximum Gasteiger partial charge on any atom is 0.155 e. The number of hydrogen-bond acceptors (Lipinski definition) is 3. The molecule has 3 nitrogen and oxygen atoms in total. The molecule has 0 amide bonds. The van der Waals surface area contributed by atoms with E-state index >= 15 is 0 Å². The summed E-state index contributed by atoms with van der Waals surface area (Å²) in [4.78, 5) is 0. The Morgan fingerprint density at radius 2 is 1.50 bits per heavy atom. The largest absolute Gasteiger partial charge is 0.505 e. The molecule has 0 aliphatic heterocycles. The molecule has 0 heterocycles. The van der Waals surface area contributed by atoms with Gasteiger partial charge in [-0.25, -0.2) is 0 Å². The van der Waals surface area contributed by atoms with Gasteiger partial charge in [0.2, 0.25) is 0 Å². The summed E-state index contributed by atoms with van der Waals surface area (Å²) >= 11 is 27.9. The van der Waals surface area contributed by atoms with Crippen LogP contribution in [0.4, 0.5) is 0 Å². The highest BCUT2D eigenvalue weighted by molar-refractivity contribution is 6.55. The highest BCUT2D eigenvalue weighted by atomic mass is 35.5. The molecule has 0 atom stereocenters. The average molecular weight is 376 g/mol. The lowest BCUT2D eigenvalue weighted by atomic mass is 10.3. The second kappa shape index (κ2) is 10.4. The smallest absolute Gasteiger partial charge is 0.155 e. The van der Waals surface area contributed by atoms with Gasteiger partial charge in [-0.1, -0.05) is 64.1 Å². The number of nitriles is 1. The van der Waals surface area contributed by atoms with Gasteiger partial charge in [0.05, 0.1) is 21.1 Å². The summed E-state index contributed by atoms with van der Waals surface area (Å²) in [5.74, 6) is -0.363. The molecule has 1 rings (SSSR count). The van der Waals surface area contributed by atoms with Gasteiger partial charge in [-0.3, -0.25) is 0 Å². The fraction of sp³-hybridized carbons (Fsp3) is 0.250. The van der Waals surface area contributed by atoms with Crippen molar-refractivity contribution in [3.63, 3.8) is 0 Å². The Morgan fingerprint density at radius 3 is 1.90 bits per heavy atom. The molecule has 0 fully saturated rings. The Balaban J connectivity index is 0.000000396. The topological polar surface area (TPSA) is 56.0 Å². The molecule has 20 heavy (non-hydrogen) atoms. The Hall–Kier alpha value is -0.340. The van der Waals surface area contributed by atoms with E-state index in [1.807, 2.05) is 6.07 Å². The number of aromatic hydroxyl groups is 1. The van der Waals surface area contributed by atoms with Gasteiger partial charge in [-0.15, -0.1) is 6.58 Å². The predicted molar refractivity (Wildman–Crippen MR) is 86.5 cm³/mol. The molecule has 0 saturated carbocycles. The lowest BCUT2D eigenvalue weighted by molar-refractivity contribution is 0.476. The summed E-state index contributed by atoms with van der Waals surface area (Å²) in [7, 11) is 0. The molecule has 0 bridgehead atoms. The van der Waals surface area contributed by atoms with Crippen molar-refractivity contribution in [1.29, 1.82) is 5.26 Å². The molecule has 0 unspecified atom stereocenters. The van der Waals surface area contributed by atoms with Crippen molar-refractivity contribution in [2.45, 2.75) is 6.42 Å². The van der Waals surface area contributed by atoms with E-state index in [0.717, 1.165) is 13.1 Å². The van der Waals surface area contributed by atoms with Crippen molar-refractivity contribution in [3.05, 3.63) is 37.8 Å². The van der Waals surface area contributed by atoms with Gasteiger partial charge in [-0.05, 0) is 0 Å². The van der Waals surface area contributed by atoms with Gasteiger partial charge < -0.3 is 10.4 Å². The van der Waals surface area contributed by atoms with Crippen molar-refractivity contribution < 1.29 is 5.11 Å². The number of rotatable bonds is 4. The average Bonchev–Trinajstić information content (AvgIpc) is 2.46. The van der Waals surface area contributed by atoms with Gasteiger partial charge >= 0.3 is 0 Å². The predicted octanol–water partition coefficient (Wildman–Crippen LogP) is 5.33. The number of hydrogen-bond donors (Lipinski definition) is 2. The summed E-state index contributed by atoms with van der Waals surface area (Å²) in [5, 5.41) is 20.1. The van der Waals surface area contributed by atoms with E-state index in [-0.39, 0.29) is 30.9 Å². The molecule has 1 aromatic rings. The number of benzene rings is 1. The van der Waals surface area contributed by atoms with Crippen LogP contribution in [0.15, 0.2) is 12.7 Å². The van der Waals surface area contributed by atoms with E-state index in [4.69, 9.17) is 63.3 Å². The summed E-state index contributed by atoms with van der Waals surface area (Å²) in [5.41, 5.74) is 0. The van der Waals surface area contributed by atoms with Gasteiger partial charge in [0, 0.05) is 19.5 Å². The van der Waals surface area contributed by atoms with Crippen molar-refractivity contribution in [2.24, 2.45) is 0 Å². The third kappa shape index (κ3) is 5.97. The fourth-order valence-electron chi connectivity index (χ4n) is 0.942. The summed E-state index contributed by atoms with van der Waals surface area (Å²) in [6.45, 7) is 5.07. The maximum absolute atomic E-state index is 9.20. The standard InChI is InChI=1S/C6HCl5O.C6H10N2/c7-1-2(8)4(10)6(12)5(11)3(1)9;1-2-5-8-6-3-4-7/h12H;2,8H,1,3,5-6H2. The highest BCUT2D eigenvalue weighted by Crippen LogP contribution is 2.47. The molecule has 1 aromatic carbocycles. The van der Waals surface area contributed by atoms with Crippen LogP contribution in [0.1, 0.15) is 6.42 Å². The number of phenols is 1. The van der Waals surface area contributed by atoms with Gasteiger partial charge in [0.1, 0.15) is 10.0 Å². The molecular formula is C12H11Cl5N2O. The summed E-state index contributed by atoms with van der Waals surface area (Å²) in [6, 6.07) is 2.03. The maximum atomic E-state index is 9.20. The third-order valence-corrected chi connectivity index (χ3v) is 4.15. The van der Waals surface area contributed by atoms with Gasteiger partial charge in [-0.2, -0.15) is 5.26 Å². The number of nitrogens with zero attached hydrogens (tertiary/aromatic N) is 1. The normalized spacial score (nSPS) is 9.40. The van der Waals surface area contributed by atoms with Gasteiger partial charge in [0.15, 0.2) is 5.75 Å². The zero-order valence-corrected chi connectivity index (χ0v) is 14.0. The molecule has 2 N–H and O–H groups in total. The first-order valence-corrected chi connectivity index (χ1v) is 7.16. The second-order valence-electron chi connectivity index (χ2n) is 3.32. The van der Waals surface area contributed by atoms with E-state index in [0.29, 0.717) is 6.42 Å². The molecule has 0 aromatic heterocycles. The first kappa shape index (κ1) is 19.7. The zero-order chi connectivity index (χ0) is 15.7. The van der Waals surface area contributed by atoms with Crippen molar-refractivity contribution in [2.75, 3.05) is 13.1 Å². The second-order valence-corrected chi connectivity index (χ2v) is 5.21. The Kier molecular flexibility index (Phi) is 10.2. The molecular weight excluding hydrogens is 365 g/mol. The number of nitrogens with one attached hydrogen (secondary N) is 1. The number of phenolic OH excluding ortho intramolecular Hbond substituents is 1. The monoisotopic (exact) mass is 374 g/mol. The van der Waals surface area contributed by atoms with E-state index in [2.05, 4.69) is 11.9 Å². The van der Waals surface area contributed by atoms with Crippen LogP contribution in [-0.2, 0) is 0 Å². The fourth-order valence-corrected chi connectivity index (χ4v) is 2.07. The summed E-state index contributed by atoms with van der Waals surface area (Å²) < 4.78 is 0. The molecule has 0 saturated heterocycles. The van der Waals surface area contributed by atoms with Crippen LogP contribution >= 0.6 is 58.0 Å². The third-order valence-electron chi connectivity index (χ3n) is 1.89. The quantitative estimate of drug-likeness (QED) is 0.323. The molecule has 0 aliphatic carbocycles. The van der Waals surface area contributed by atoms with Crippen LogP contribution in [0.25, 0.3) is 0 Å². The summed E-state index contributed by atoms with van der Waals surface area (Å²) in [6.07, 6.45) is 2.35. The van der Waals surface area contributed by atoms with Crippen LogP contribution in [0.5, 0.6) is 5.75 Å². The van der Waals surface area contributed by atoms with Crippen molar-refractivity contribution in [1.82, 2.24) is 5.32 Å². The molecule has 0 spiro atoms. The van der Waals surface area contributed by atoms with Crippen LogP contribution in [0, 0.1) is 11.3 Å². The zero-order valence-electron chi connectivity index (χ0n) is 10.2. The van der Waals surface area contributed by atoms with E-state index in [1.165, 1.54) is 0 Å².